The summed E-state index contributed by atoms with van der Waals surface area (Å²) in [4.78, 5) is 1.79. The summed E-state index contributed by atoms with van der Waals surface area (Å²) in [6.45, 7) is 2.61. The van der Waals surface area contributed by atoms with E-state index in [1.165, 1.54) is 18.6 Å². The van der Waals surface area contributed by atoms with Crippen molar-refractivity contribution < 1.29 is 8.78 Å². The molecule has 0 spiro atoms. The van der Waals surface area contributed by atoms with E-state index >= 15 is 0 Å². The van der Waals surface area contributed by atoms with Crippen molar-refractivity contribution in [2.24, 2.45) is 11.7 Å². The number of hydrogen-bond acceptors (Lipinski definition) is 2. The van der Waals surface area contributed by atoms with Gasteiger partial charge in [-0.1, -0.05) is 13.3 Å². The fourth-order valence-corrected chi connectivity index (χ4v) is 3.39. The van der Waals surface area contributed by atoms with Crippen LogP contribution in [-0.2, 0) is 6.42 Å². The molecule has 0 aliphatic heterocycles. The minimum atomic E-state index is -0.474. The third-order valence-corrected chi connectivity index (χ3v) is 4.80. The van der Waals surface area contributed by atoms with Gasteiger partial charge >= 0.3 is 0 Å². The van der Waals surface area contributed by atoms with Gasteiger partial charge in [0.2, 0.25) is 0 Å². The third kappa shape index (κ3) is 3.73. The number of nitrogens with zero attached hydrogens (tertiary/aromatic N) is 1. The SMILES string of the molecule is CCC1CCC(N(C)c2c(F)cc(CCN)cc2F)CC1. The Hall–Kier alpha value is -1.16. The highest BCUT2D eigenvalue weighted by molar-refractivity contribution is 5.51. The summed E-state index contributed by atoms with van der Waals surface area (Å²) in [6.07, 6.45) is 6.03. The van der Waals surface area contributed by atoms with Crippen molar-refractivity contribution in [3.63, 3.8) is 0 Å². The standard InChI is InChI=1S/C17H26F2N2/c1-3-12-4-6-14(7-5-12)21(2)17-15(18)10-13(8-9-20)11-16(17)19/h10-12,14H,3-9,20H2,1-2H3. The molecule has 1 saturated carbocycles. The molecule has 0 bridgehead atoms. The van der Waals surface area contributed by atoms with Gasteiger partial charge in [0.15, 0.2) is 0 Å². The molecule has 0 unspecified atom stereocenters. The molecule has 0 saturated heterocycles. The van der Waals surface area contributed by atoms with E-state index < -0.39 is 11.6 Å². The zero-order valence-corrected chi connectivity index (χ0v) is 13.0. The van der Waals surface area contributed by atoms with Crippen LogP contribution in [0.4, 0.5) is 14.5 Å². The van der Waals surface area contributed by atoms with Gasteiger partial charge in [0, 0.05) is 13.1 Å². The molecule has 0 heterocycles. The zero-order chi connectivity index (χ0) is 15.4. The molecule has 118 valence electrons. The lowest BCUT2D eigenvalue weighted by atomic mass is 9.84. The smallest absolute Gasteiger partial charge is 0.149 e. The lowest BCUT2D eigenvalue weighted by Crippen LogP contribution is -2.36. The van der Waals surface area contributed by atoms with E-state index in [0.29, 0.717) is 18.5 Å². The fraction of sp³-hybridized carbons (Fsp3) is 0.647. The fourth-order valence-electron chi connectivity index (χ4n) is 3.39. The Balaban J connectivity index is 2.14. The average Bonchev–Trinajstić information content (AvgIpc) is 2.47. The van der Waals surface area contributed by atoms with Crippen molar-refractivity contribution >= 4 is 5.69 Å². The predicted molar refractivity (Wildman–Crippen MR) is 83.6 cm³/mol. The summed E-state index contributed by atoms with van der Waals surface area (Å²) in [5.41, 5.74) is 6.18. The van der Waals surface area contributed by atoms with Gasteiger partial charge in [-0.05, 0) is 62.3 Å². The number of nitrogens with two attached hydrogens (primary N) is 1. The van der Waals surface area contributed by atoms with Crippen LogP contribution in [0.3, 0.4) is 0 Å². The second-order valence-corrected chi connectivity index (χ2v) is 6.14. The molecule has 1 fully saturated rings. The van der Waals surface area contributed by atoms with Crippen molar-refractivity contribution in [2.45, 2.75) is 51.5 Å². The van der Waals surface area contributed by atoms with E-state index in [-0.39, 0.29) is 11.7 Å². The quantitative estimate of drug-likeness (QED) is 0.893. The van der Waals surface area contributed by atoms with Crippen LogP contribution in [0.1, 0.15) is 44.6 Å². The van der Waals surface area contributed by atoms with Gasteiger partial charge in [0.1, 0.15) is 17.3 Å². The maximum atomic E-state index is 14.3. The van der Waals surface area contributed by atoms with Crippen LogP contribution >= 0.6 is 0 Å². The number of halogens is 2. The topological polar surface area (TPSA) is 29.3 Å². The molecule has 1 aromatic rings. The summed E-state index contributed by atoms with van der Waals surface area (Å²) in [6, 6.07) is 3.07. The Labute approximate surface area is 126 Å². The van der Waals surface area contributed by atoms with Crippen molar-refractivity contribution in [1.82, 2.24) is 0 Å². The highest BCUT2D eigenvalue weighted by Gasteiger charge is 2.26. The maximum Gasteiger partial charge on any atom is 0.149 e. The van der Waals surface area contributed by atoms with Crippen LogP contribution in [0.15, 0.2) is 12.1 Å². The molecular formula is C17H26F2N2. The van der Waals surface area contributed by atoms with Crippen LogP contribution in [0, 0.1) is 17.6 Å². The first-order valence-electron chi connectivity index (χ1n) is 7.97. The molecule has 2 N–H and O–H groups in total. The van der Waals surface area contributed by atoms with E-state index in [0.717, 1.165) is 31.6 Å². The molecule has 0 amide bonds. The summed E-state index contributed by atoms with van der Waals surface area (Å²) < 4.78 is 28.5. The van der Waals surface area contributed by atoms with Crippen LogP contribution in [0.25, 0.3) is 0 Å². The lowest BCUT2D eigenvalue weighted by molar-refractivity contribution is 0.311. The number of hydrogen-bond donors (Lipinski definition) is 1. The van der Waals surface area contributed by atoms with E-state index in [2.05, 4.69) is 6.92 Å². The van der Waals surface area contributed by atoms with Crippen molar-refractivity contribution in [1.29, 1.82) is 0 Å². The largest absolute Gasteiger partial charge is 0.367 e. The van der Waals surface area contributed by atoms with E-state index in [9.17, 15) is 8.78 Å². The molecule has 1 aliphatic carbocycles. The molecule has 2 rings (SSSR count). The molecule has 2 nitrogen and oxygen atoms in total. The van der Waals surface area contributed by atoms with Gasteiger partial charge in [0.05, 0.1) is 0 Å². The van der Waals surface area contributed by atoms with E-state index in [1.807, 2.05) is 0 Å². The second-order valence-electron chi connectivity index (χ2n) is 6.14. The van der Waals surface area contributed by atoms with Gasteiger partial charge in [-0.15, -0.1) is 0 Å². The van der Waals surface area contributed by atoms with E-state index in [1.54, 1.807) is 11.9 Å². The molecule has 0 atom stereocenters. The Kier molecular flexibility index (Phi) is 5.57. The summed E-state index contributed by atoms with van der Waals surface area (Å²) in [7, 11) is 1.81. The van der Waals surface area contributed by atoms with Gasteiger partial charge in [-0.2, -0.15) is 0 Å². The van der Waals surface area contributed by atoms with Gasteiger partial charge in [-0.3, -0.25) is 0 Å². The number of benzene rings is 1. The summed E-state index contributed by atoms with van der Waals surface area (Å²) >= 11 is 0. The van der Waals surface area contributed by atoms with Crippen LogP contribution < -0.4 is 10.6 Å². The highest BCUT2D eigenvalue weighted by atomic mass is 19.1. The average molecular weight is 296 g/mol. The third-order valence-electron chi connectivity index (χ3n) is 4.80. The first-order chi connectivity index (χ1) is 10.1. The molecular weight excluding hydrogens is 270 g/mol. The first kappa shape index (κ1) is 16.2. The van der Waals surface area contributed by atoms with E-state index in [4.69, 9.17) is 5.73 Å². The zero-order valence-electron chi connectivity index (χ0n) is 13.0. The first-order valence-corrected chi connectivity index (χ1v) is 7.97. The van der Waals surface area contributed by atoms with Crippen molar-refractivity contribution in [2.75, 3.05) is 18.5 Å². The molecule has 1 aliphatic rings. The highest BCUT2D eigenvalue weighted by Crippen LogP contribution is 2.33. The molecule has 4 heteroatoms. The normalized spacial score (nSPS) is 22.3. The number of anilines is 1. The minimum Gasteiger partial charge on any atom is -0.367 e. The second kappa shape index (κ2) is 7.21. The molecule has 0 radical (unpaired) electrons. The summed E-state index contributed by atoms with van der Waals surface area (Å²) in [5, 5.41) is 0. The monoisotopic (exact) mass is 296 g/mol. The Bertz CT molecular complexity index is 445. The van der Waals surface area contributed by atoms with Crippen molar-refractivity contribution in [3.05, 3.63) is 29.3 Å². The van der Waals surface area contributed by atoms with Gasteiger partial charge in [-0.25, -0.2) is 8.78 Å². The Morgan fingerprint density at radius 3 is 2.19 bits per heavy atom. The molecule has 21 heavy (non-hydrogen) atoms. The van der Waals surface area contributed by atoms with Crippen LogP contribution in [-0.4, -0.2) is 19.6 Å². The van der Waals surface area contributed by atoms with Crippen LogP contribution in [0.2, 0.25) is 0 Å². The Morgan fingerprint density at radius 2 is 1.71 bits per heavy atom. The van der Waals surface area contributed by atoms with Crippen molar-refractivity contribution in [3.8, 4) is 0 Å². The van der Waals surface area contributed by atoms with Gasteiger partial charge in [0.25, 0.3) is 0 Å². The summed E-state index contributed by atoms with van der Waals surface area (Å²) in [5.74, 6) is -0.173. The molecule has 0 aromatic heterocycles. The number of rotatable bonds is 5. The minimum absolute atomic E-state index is 0.107. The molecule has 1 aromatic carbocycles. The Morgan fingerprint density at radius 1 is 1.14 bits per heavy atom. The predicted octanol–water partition coefficient (Wildman–Crippen LogP) is 3.87. The van der Waals surface area contributed by atoms with Crippen LogP contribution in [0.5, 0.6) is 0 Å². The van der Waals surface area contributed by atoms with Gasteiger partial charge < -0.3 is 10.6 Å². The lowest BCUT2D eigenvalue weighted by Gasteiger charge is -2.36. The maximum absolute atomic E-state index is 14.3.